The van der Waals surface area contributed by atoms with E-state index in [0.717, 1.165) is 6.42 Å². The highest BCUT2D eigenvalue weighted by atomic mass is 32.1. The minimum Gasteiger partial charge on any atom is -0.331 e. The molecular formula is C24H32N2O2S. The number of thiophene rings is 1. The lowest BCUT2D eigenvalue weighted by molar-refractivity contribution is -0.148. The molecule has 0 N–H and O–H groups in total. The maximum Gasteiger partial charge on any atom is 0.243 e. The summed E-state index contributed by atoms with van der Waals surface area (Å²) in [6, 6.07) is 10.3. The summed E-state index contributed by atoms with van der Waals surface area (Å²) in [4.78, 5) is 31.5. The van der Waals surface area contributed by atoms with E-state index in [2.05, 4.69) is 30.5 Å². The molecule has 1 atom stereocenters. The highest BCUT2D eigenvalue weighted by Crippen LogP contribution is 2.39. The molecule has 4 nitrogen and oxygen atoms in total. The van der Waals surface area contributed by atoms with Gasteiger partial charge in [-0.25, -0.2) is 0 Å². The molecule has 2 amide bonds. The van der Waals surface area contributed by atoms with Gasteiger partial charge in [-0.15, -0.1) is 11.3 Å². The van der Waals surface area contributed by atoms with Crippen LogP contribution in [-0.2, 0) is 16.0 Å². The number of benzene rings is 1. The van der Waals surface area contributed by atoms with Gasteiger partial charge in [0.15, 0.2) is 0 Å². The maximum atomic E-state index is 13.5. The average Bonchev–Trinajstić information content (AvgIpc) is 3.13. The molecule has 0 aliphatic carbocycles. The van der Waals surface area contributed by atoms with Crippen molar-refractivity contribution in [2.24, 2.45) is 5.41 Å². The molecule has 1 aliphatic rings. The Morgan fingerprint density at radius 1 is 1.17 bits per heavy atom. The lowest BCUT2D eigenvalue weighted by Crippen LogP contribution is -2.51. The van der Waals surface area contributed by atoms with Crippen LogP contribution in [0.2, 0.25) is 0 Å². The van der Waals surface area contributed by atoms with Crippen LogP contribution in [0, 0.1) is 12.3 Å². The van der Waals surface area contributed by atoms with Gasteiger partial charge in [0.2, 0.25) is 11.8 Å². The molecular weight excluding hydrogens is 380 g/mol. The van der Waals surface area contributed by atoms with Crippen molar-refractivity contribution in [1.82, 2.24) is 9.80 Å². The predicted octanol–water partition coefficient (Wildman–Crippen LogP) is 4.81. The van der Waals surface area contributed by atoms with E-state index in [0.29, 0.717) is 6.54 Å². The second-order valence-corrected chi connectivity index (χ2v) is 10.2. The van der Waals surface area contributed by atoms with Gasteiger partial charge in [-0.1, -0.05) is 45.0 Å². The van der Waals surface area contributed by atoms with Gasteiger partial charge in [0.1, 0.15) is 6.54 Å². The standard InChI is InChI=1S/C24H32N2O2S/c1-16(2)26(23(28)24(4,5)6)15-21(27)25-13-11-20-19(12-14-29-20)22(25)18-10-8-7-9-17(18)3/h7-10,12,14,16,22H,11,13,15H2,1-6H3/t22-/m0/s1. The molecule has 0 radical (unpaired) electrons. The number of aryl methyl sites for hydroxylation is 1. The SMILES string of the molecule is Cc1ccccc1[C@H]1c2ccsc2CCN1C(=O)CN(C(=O)C(C)(C)C)C(C)C. The van der Waals surface area contributed by atoms with Gasteiger partial charge >= 0.3 is 0 Å². The van der Waals surface area contributed by atoms with Crippen molar-refractivity contribution in [2.45, 2.75) is 60.0 Å². The van der Waals surface area contributed by atoms with Crippen LogP contribution in [-0.4, -0.2) is 40.7 Å². The molecule has 0 saturated carbocycles. The van der Waals surface area contributed by atoms with Crippen LogP contribution in [0.4, 0.5) is 0 Å². The Kier molecular flexibility index (Phi) is 6.18. The molecule has 0 bridgehead atoms. The van der Waals surface area contributed by atoms with Crippen LogP contribution in [0.1, 0.15) is 62.2 Å². The Morgan fingerprint density at radius 3 is 2.48 bits per heavy atom. The number of carbonyl (C=O) groups excluding carboxylic acids is 2. The smallest absolute Gasteiger partial charge is 0.243 e. The first-order valence-corrected chi connectivity index (χ1v) is 11.2. The van der Waals surface area contributed by atoms with Gasteiger partial charge in [-0.2, -0.15) is 0 Å². The topological polar surface area (TPSA) is 40.6 Å². The van der Waals surface area contributed by atoms with E-state index in [1.807, 2.05) is 51.7 Å². The highest BCUT2D eigenvalue weighted by Gasteiger charge is 2.36. The second-order valence-electron chi connectivity index (χ2n) is 9.17. The molecule has 5 heteroatoms. The Balaban J connectivity index is 1.94. The van der Waals surface area contributed by atoms with Crippen molar-refractivity contribution < 1.29 is 9.59 Å². The molecule has 0 saturated heterocycles. The zero-order valence-electron chi connectivity index (χ0n) is 18.4. The number of hydrogen-bond donors (Lipinski definition) is 0. The van der Waals surface area contributed by atoms with Gasteiger partial charge in [0.25, 0.3) is 0 Å². The number of carbonyl (C=O) groups is 2. The van der Waals surface area contributed by atoms with E-state index in [1.165, 1.54) is 21.6 Å². The summed E-state index contributed by atoms with van der Waals surface area (Å²) in [6.45, 7) is 12.6. The fourth-order valence-corrected chi connectivity index (χ4v) is 4.87. The third kappa shape index (κ3) is 4.40. The Labute approximate surface area is 178 Å². The van der Waals surface area contributed by atoms with Crippen molar-refractivity contribution in [3.63, 3.8) is 0 Å². The molecule has 29 heavy (non-hydrogen) atoms. The van der Waals surface area contributed by atoms with Crippen molar-refractivity contribution in [2.75, 3.05) is 13.1 Å². The average molecular weight is 413 g/mol. The summed E-state index contributed by atoms with van der Waals surface area (Å²) in [6.07, 6.45) is 0.871. The van der Waals surface area contributed by atoms with E-state index < -0.39 is 5.41 Å². The summed E-state index contributed by atoms with van der Waals surface area (Å²) >= 11 is 1.77. The first-order valence-electron chi connectivity index (χ1n) is 10.3. The van der Waals surface area contributed by atoms with Crippen molar-refractivity contribution >= 4 is 23.2 Å². The van der Waals surface area contributed by atoms with Crippen LogP contribution in [0.5, 0.6) is 0 Å². The molecule has 1 aliphatic heterocycles. The van der Waals surface area contributed by atoms with Crippen LogP contribution < -0.4 is 0 Å². The van der Waals surface area contributed by atoms with Gasteiger partial charge in [-0.05, 0) is 55.3 Å². The van der Waals surface area contributed by atoms with Crippen LogP contribution in [0.3, 0.4) is 0 Å². The molecule has 156 valence electrons. The minimum absolute atomic E-state index is 0.0152. The minimum atomic E-state index is -0.512. The van der Waals surface area contributed by atoms with Crippen LogP contribution in [0.25, 0.3) is 0 Å². The fourth-order valence-electron chi connectivity index (χ4n) is 3.97. The van der Waals surface area contributed by atoms with Gasteiger partial charge in [0.05, 0.1) is 6.04 Å². The van der Waals surface area contributed by atoms with Crippen molar-refractivity contribution in [3.8, 4) is 0 Å². The first kappa shape index (κ1) is 21.6. The summed E-state index contributed by atoms with van der Waals surface area (Å²) in [5, 5.41) is 2.12. The predicted molar refractivity (Wildman–Crippen MR) is 119 cm³/mol. The number of hydrogen-bond acceptors (Lipinski definition) is 3. The van der Waals surface area contributed by atoms with Crippen molar-refractivity contribution in [3.05, 3.63) is 57.3 Å². The molecule has 2 aromatic rings. The summed E-state index contributed by atoms with van der Waals surface area (Å²) in [5.74, 6) is 0.0305. The number of nitrogens with zero attached hydrogens (tertiary/aromatic N) is 2. The molecule has 0 unspecified atom stereocenters. The molecule has 0 spiro atoms. The van der Waals surface area contributed by atoms with Gasteiger partial charge in [-0.3, -0.25) is 9.59 Å². The maximum absolute atomic E-state index is 13.5. The lowest BCUT2D eigenvalue weighted by atomic mass is 9.90. The molecule has 1 aromatic heterocycles. The van der Waals surface area contributed by atoms with E-state index in [9.17, 15) is 9.59 Å². The molecule has 1 aromatic carbocycles. The number of rotatable bonds is 4. The Hall–Kier alpha value is -2.14. The van der Waals surface area contributed by atoms with E-state index in [1.54, 1.807) is 16.2 Å². The monoisotopic (exact) mass is 412 g/mol. The third-order valence-electron chi connectivity index (χ3n) is 5.60. The Bertz CT molecular complexity index is 894. The molecule has 2 heterocycles. The largest absolute Gasteiger partial charge is 0.331 e. The van der Waals surface area contributed by atoms with Gasteiger partial charge < -0.3 is 9.80 Å². The van der Waals surface area contributed by atoms with Crippen LogP contribution >= 0.6 is 11.3 Å². The second kappa shape index (κ2) is 8.31. The summed E-state index contributed by atoms with van der Waals surface area (Å²) in [5.41, 5.74) is 3.06. The quantitative estimate of drug-likeness (QED) is 0.723. The number of fused-ring (bicyclic) bond motifs is 1. The zero-order valence-corrected chi connectivity index (χ0v) is 19.2. The normalized spacial score (nSPS) is 16.7. The van der Waals surface area contributed by atoms with Crippen molar-refractivity contribution in [1.29, 1.82) is 0 Å². The first-order chi connectivity index (χ1) is 13.6. The van der Waals surface area contributed by atoms with E-state index in [4.69, 9.17) is 0 Å². The van der Waals surface area contributed by atoms with E-state index >= 15 is 0 Å². The molecule has 3 rings (SSSR count). The van der Waals surface area contributed by atoms with Gasteiger partial charge in [0, 0.05) is 22.9 Å². The molecule has 0 fully saturated rings. The van der Waals surface area contributed by atoms with E-state index in [-0.39, 0.29) is 30.4 Å². The fraction of sp³-hybridized carbons (Fsp3) is 0.500. The lowest BCUT2D eigenvalue weighted by Gasteiger charge is -2.39. The Morgan fingerprint density at radius 2 is 1.86 bits per heavy atom. The summed E-state index contributed by atoms with van der Waals surface area (Å²) < 4.78 is 0. The van der Waals surface area contributed by atoms with Crippen LogP contribution in [0.15, 0.2) is 35.7 Å². The number of amides is 2. The summed E-state index contributed by atoms with van der Waals surface area (Å²) in [7, 11) is 0. The third-order valence-corrected chi connectivity index (χ3v) is 6.60. The zero-order chi connectivity index (χ0) is 21.3. The highest BCUT2D eigenvalue weighted by molar-refractivity contribution is 7.10.